The first kappa shape index (κ1) is 25.4. The molecule has 1 aromatic rings. The molecule has 0 heterocycles. The molecule has 0 aromatic heterocycles. The number of anilines is 1. The Labute approximate surface area is 169 Å². The van der Waals surface area contributed by atoms with Crippen LogP contribution in [0.1, 0.15) is 52.5 Å². The van der Waals surface area contributed by atoms with Crippen LogP contribution in [-0.2, 0) is 4.74 Å². The second-order valence-electron chi connectivity index (χ2n) is 5.80. The van der Waals surface area contributed by atoms with Crippen LogP contribution in [0.4, 0.5) is 5.69 Å². The van der Waals surface area contributed by atoms with E-state index in [1.807, 2.05) is 45.2 Å². The maximum atomic E-state index is 7.38. The molecule has 1 atom stereocenters. The predicted molar refractivity (Wildman–Crippen MR) is 119 cm³/mol. The van der Waals surface area contributed by atoms with E-state index in [9.17, 15) is 0 Å². The molecule has 1 unspecified atom stereocenters. The summed E-state index contributed by atoms with van der Waals surface area (Å²) in [4.78, 5) is 0. The van der Waals surface area contributed by atoms with Gasteiger partial charge in [-0.3, -0.25) is 10.7 Å². The third-order valence-corrected chi connectivity index (χ3v) is 3.52. The summed E-state index contributed by atoms with van der Waals surface area (Å²) in [5, 5.41) is 15.7. The minimum Gasteiger partial charge on any atom is -0.496 e. The number of hydrazone groups is 1. The number of hydrogen-bond acceptors (Lipinski definition) is 7. The molecule has 0 saturated carbocycles. The quantitative estimate of drug-likeness (QED) is 0.121. The van der Waals surface area contributed by atoms with E-state index in [0.717, 1.165) is 30.6 Å². The Morgan fingerprint density at radius 2 is 2.04 bits per heavy atom. The minimum atomic E-state index is -0.137. The van der Waals surface area contributed by atoms with Crippen molar-refractivity contribution in [3.05, 3.63) is 29.8 Å². The highest BCUT2D eigenvalue weighted by Crippen LogP contribution is 2.25. The van der Waals surface area contributed by atoms with Gasteiger partial charge in [0.05, 0.1) is 12.8 Å². The number of nitrogens with two attached hydrogens (primary N) is 2. The number of nitrogens with one attached hydrogen (secondary N) is 2. The van der Waals surface area contributed by atoms with Gasteiger partial charge in [-0.05, 0) is 51.4 Å². The molecule has 0 amide bonds. The van der Waals surface area contributed by atoms with Crippen LogP contribution >= 0.6 is 0 Å². The topological polar surface area (TPSA) is 122 Å². The fraction of sp³-hybridized carbons (Fsp3) is 0.500. The van der Waals surface area contributed by atoms with Gasteiger partial charge in [0.2, 0.25) is 0 Å². The van der Waals surface area contributed by atoms with Gasteiger partial charge in [-0.15, -0.1) is 5.10 Å². The highest BCUT2D eigenvalue weighted by Gasteiger charge is 2.07. The molecule has 0 saturated heterocycles. The van der Waals surface area contributed by atoms with Crippen LogP contribution < -0.4 is 26.7 Å². The smallest absolute Gasteiger partial charge is 0.179 e. The Bertz CT molecular complexity index is 642. The molecule has 6 N–H and O–H groups in total. The average molecular weight is 393 g/mol. The van der Waals surface area contributed by atoms with Crippen LogP contribution in [0, 0.1) is 5.41 Å². The van der Waals surface area contributed by atoms with Gasteiger partial charge < -0.3 is 15.2 Å². The van der Waals surface area contributed by atoms with Crippen molar-refractivity contribution in [3.63, 3.8) is 0 Å². The zero-order valence-electron chi connectivity index (χ0n) is 18.0. The lowest BCUT2D eigenvalue weighted by atomic mass is 10.1. The average Bonchev–Trinajstić information content (AvgIpc) is 2.67. The van der Waals surface area contributed by atoms with Gasteiger partial charge in [-0.2, -0.15) is 5.12 Å². The van der Waals surface area contributed by atoms with Gasteiger partial charge in [0.25, 0.3) is 0 Å². The molecule has 1 aromatic carbocycles. The summed E-state index contributed by atoms with van der Waals surface area (Å²) in [6.07, 6.45) is 6.54. The van der Waals surface area contributed by atoms with E-state index in [4.69, 9.17) is 26.5 Å². The fourth-order valence-electron chi connectivity index (χ4n) is 2.33. The van der Waals surface area contributed by atoms with Crippen molar-refractivity contribution in [2.24, 2.45) is 16.7 Å². The first-order chi connectivity index (χ1) is 13.4. The lowest BCUT2D eigenvalue weighted by Gasteiger charge is -2.16. The maximum Gasteiger partial charge on any atom is 0.179 e. The summed E-state index contributed by atoms with van der Waals surface area (Å²) in [5.41, 5.74) is 7.18. The molecule has 0 fully saturated rings. The summed E-state index contributed by atoms with van der Waals surface area (Å²) in [6, 6.07) is 5.55. The van der Waals surface area contributed by atoms with Crippen molar-refractivity contribution < 1.29 is 9.47 Å². The van der Waals surface area contributed by atoms with E-state index in [-0.39, 0.29) is 12.1 Å². The third kappa shape index (κ3) is 9.94. The molecular weight excluding hydrogens is 356 g/mol. The number of ether oxygens (including phenoxy) is 2. The number of hydrazine groups is 1. The van der Waals surface area contributed by atoms with Gasteiger partial charge in [0.1, 0.15) is 11.6 Å². The third-order valence-electron chi connectivity index (χ3n) is 3.52. The first-order valence-corrected chi connectivity index (χ1v) is 9.46. The molecule has 0 spiro atoms. The van der Waals surface area contributed by atoms with E-state index in [0.29, 0.717) is 11.5 Å². The molecule has 8 nitrogen and oxygen atoms in total. The van der Waals surface area contributed by atoms with E-state index < -0.39 is 0 Å². The number of methoxy groups -OCH3 is 1. The zero-order valence-corrected chi connectivity index (χ0v) is 18.0. The van der Waals surface area contributed by atoms with Crippen molar-refractivity contribution in [1.82, 2.24) is 5.32 Å². The summed E-state index contributed by atoms with van der Waals surface area (Å²) >= 11 is 0. The normalized spacial score (nSPS) is 12.2. The number of nitrogens with zero attached hydrogens (tertiary/aromatic N) is 2. The predicted octanol–water partition coefficient (Wildman–Crippen LogP) is 3.44. The van der Waals surface area contributed by atoms with Crippen LogP contribution in [0.5, 0.6) is 5.75 Å². The second-order valence-corrected chi connectivity index (χ2v) is 5.80. The first-order valence-electron chi connectivity index (χ1n) is 9.46. The molecule has 0 aliphatic rings. The Balaban J connectivity index is 0.00000352. The number of allylic oxidation sites excluding steroid dienone is 1. The summed E-state index contributed by atoms with van der Waals surface area (Å²) in [5.74, 6) is 7.22. The van der Waals surface area contributed by atoms with Gasteiger partial charge in [-0.25, -0.2) is 5.84 Å². The Morgan fingerprint density at radius 3 is 2.57 bits per heavy atom. The second kappa shape index (κ2) is 14.5. The summed E-state index contributed by atoms with van der Waals surface area (Å²) in [7, 11) is 3.45. The van der Waals surface area contributed by atoms with E-state index in [2.05, 4.69) is 16.5 Å². The van der Waals surface area contributed by atoms with Crippen LogP contribution in [-0.4, -0.2) is 32.1 Å². The Morgan fingerprint density at radius 1 is 1.36 bits per heavy atom. The molecule has 8 heteroatoms. The minimum absolute atomic E-state index is 0.137. The number of hydrogen-bond donors (Lipinski definition) is 4. The molecule has 158 valence electrons. The lowest BCUT2D eigenvalue weighted by Crippen LogP contribution is -2.29. The Kier molecular flexibility index (Phi) is 13.1. The highest BCUT2D eigenvalue weighted by atomic mass is 16.5. The molecule has 0 radical (unpaired) electrons. The van der Waals surface area contributed by atoms with Crippen molar-refractivity contribution in [2.75, 3.05) is 19.3 Å². The van der Waals surface area contributed by atoms with Crippen molar-refractivity contribution in [2.45, 2.75) is 53.2 Å². The molecule has 0 aliphatic heterocycles. The van der Waals surface area contributed by atoms with E-state index in [1.54, 1.807) is 21.0 Å². The van der Waals surface area contributed by atoms with Crippen LogP contribution in [0.25, 0.3) is 6.08 Å². The Hall–Kier alpha value is -2.58. The summed E-state index contributed by atoms with van der Waals surface area (Å²) in [6.45, 7) is 7.30. The van der Waals surface area contributed by atoms with Gasteiger partial charge in [-0.1, -0.05) is 26.0 Å². The maximum absolute atomic E-state index is 7.38. The number of amidine groups is 1. The molecule has 0 bridgehead atoms. The van der Waals surface area contributed by atoms with Gasteiger partial charge in [0.15, 0.2) is 12.1 Å². The van der Waals surface area contributed by atoms with Crippen LogP contribution in [0.15, 0.2) is 29.4 Å². The molecule has 28 heavy (non-hydrogen) atoms. The number of rotatable bonds is 10. The SMILES string of the molecule is CC.CNC(CCC/C=C/c1cc(N(N)/N=C(/C)N)ccc1OC)OC(C)=N. The lowest BCUT2D eigenvalue weighted by molar-refractivity contribution is 0.145. The van der Waals surface area contributed by atoms with Crippen LogP contribution in [0.2, 0.25) is 0 Å². The molecular formula is C20H36N6O2. The van der Waals surface area contributed by atoms with Crippen molar-refractivity contribution in [3.8, 4) is 5.75 Å². The monoisotopic (exact) mass is 392 g/mol. The van der Waals surface area contributed by atoms with Crippen molar-refractivity contribution >= 4 is 23.5 Å². The fourth-order valence-corrected chi connectivity index (χ4v) is 2.33. The zero-order chi connectivity index (χ0) is 21.5. The molecule has 1 rings (SSSR count). The van der Waals surface area contributed by atoms with Gasteiger partial charge >= 0.3 is 0 Å². The largest absolute Gasteiger partial charge is 0.496 e. The number of unbranched alkanes of at least 4 members (excludes halogenated alkanes) is 1. The van der Waals surface area contributed by atoms with E-state index >= 15 is 0 Å². The van der Waals surface area contributed by atoms with Gasteiger partial charge in [0, 0.05) is 12.5 Å². The summed E-state index contributed by atoms with van der Waals surface area (Å²) < 4.78 is 10.8. The standard InChI is InChI=1S/C18H30N6O2.C2H6/c1-13(19)23-24(21)16-10-11-17(25-4)15(12-16)8-6-5-7-9-18(22-3)26-14(2)20;1-2/h6,8,10-12,18,20,22H,5,7,9,21H2,1-4H3,(H2,19,23);1-2H3/b8-6+,20-14?;. The van der Waals surface area contributed by atoms with Crippen molar-refractivity contribution in [1.29, 1.82) is 5.41 Å². The molecule has 0 aliphatic carbocycles. The highest BCUT2D eigenvalue weighted by molar-refractivity contribution is 5.78. The van der Waals surface area contributed by atoms with Crippen LogP contribution in [0.3, 0.4) is 0 Å². The van der Waals surface area contributed by atoms with E-state index in [1.165, 1.54) is 5.12 Å². The number of benzene rings is 1.